The van der Waals surface area contributed by atoms with Crippen LogP contribution in [-0.2, 0) is 16.0 Å². The zero-order valence-corrected chi connectivity index (χ0v) is 9.98. The number of nitrogens with one attached hydrogen (secondary N) is 1. The van der Waals surface area contributed by atoms with Crippen molar-refractivity contribution in [2.75, 3.05) is 17.2 Å². The van der Waals surface area contributed by atoms with Crippen LogP contribution in [0.1, 0.15) is 18.4 Å². The number of amides is 2. The molecule has 5 nitrogen and oxygen atoms in total. The predicted molar refractivity (Wildman–Crippen MR) is 68.1 cm³/mol. The van der Waals surface area contributed by atoms with E-state index in [1.807, 2.05) is 12.1 Å². The number of nitrogens with two attached hydrogens (primary N) is 1. The maximum atomic E-state index is 12.4. The average molecular weight is 245 g/mol. The van der Waals surface area contributed by atoms with Gasteiger partial charge in [0.05, 0.1) is 11.4 Å². The summed E-state index contributed by atoms with van der Waals surface area (Å²) < 4.78 is 0. The van der Waals surface area contributed by atoms with Crippen molar-refractivity contribution in [2.45, 2.75) is 25.3 Å². The molecule has 2 aliphatic heterocycles. The Bertz CT molecular complexity index is 527. The van der Waals surface area contributed by atoms with Crippen LogP contribution in [0.2, 0.25) is 0 Å². The molecule has 2 heterocycles. The summed E-state index contributed by atoms with van der Waals surface area (Å²) >= 11 is 0. The summed E-state index contributed by atoms with van der Waals surface area (Å²) in [7, 11) is 0. The first-order chi connectivity index (χ1) is 8.66. The molecular formula is C13H15N3O2. The van der Waals surface area contributed by atoms with E-state index in [1.165, 1.54) is 0 Å². The summed E-state index contributed by atoms with van der Waals surface area (Å²) in [6, 6.07) is 5.31. The van der Waals surface area contributed by atoms with Crippen LogP contribution in [-0.4, -0.2) is 24.4 Å². The topological polar surface area (TPSA) is 75.4 Å². The summed E-state index contributed by atoms with van der Waals surface area (Å²) in [4.78, 5) is 25.3. The van der Waals surface area contributed by atoms with Crippen molar-refractivity contribution < 1.29 is 9.59 Å². The third kappa shape index (κ3) is 1.63. The number of benzene rings is 1. The number of hydrogen-bond acceptors (Lipinski definition) is 3. The molecule has 18 heavy (non-hydrogen) atoms. The molecular weight excluding hydrogens is 230 g/mol. The highest BCUT2D eigenvalue weighted by Gasteiger charge is 2.34. The van der Waals surface area contributed by atoms with E-state index in [0.717, 1.165) is 17.7 Å². The molecule has 0 aliphatic carbocycles. The molecule has 3 rings (SSSR count). The molecule has 1 atom stereocenters. The Morgan fingerprint density at radius 1 is 1.39 bits per heavy atom. The van der Waals surface area contributed by atoms with E-state index in [4.69, 9.17) is 5.73 Å². The summed E-state index contributed by atoms with van der Waals surface area (Å²) in [6.45, 7) is 0.648. The number of fused-ring (bicyclic) bond motifs is 1. The molecule has 1 aromatic rings. The standard InChI is InChI=1S/C13H15N3O2/c14-9-3-1-2-8-6-7-16(12(8)9)13(18)10-4-5-11(17)15-10/h1-3,10H,4-7,14H2,(H,15,17). The first-order valence-corrected chi connectivity index (χ1v) is 6.15. The number of rotatable bonds is 1. The first kappa shape index (κ1) is 11.1. The van der Waals surface area contributed by atoms with E-state index >= 15 is 0 Å². The van der Waals surface area contributed by atoms with Gasteiger partial charge in [0.25, 0.3) is 0 Å². The van der Waals surface area contributed by atoms with Crippen molar-refractivity contribution >= 4 is 23.2 Å². The molecule has 1 fully saturated rings. The van der Waals surface area contributed by atoms with Crippen molar-refractivity contribution in [3.8, 4) is 0 Å². The third-order valence-corrected chi connectivity index (χ3v) is 3.58. The van der Waals surface area contributed by atoms with Gasteiger partial charge in [0, 0.05) is 13.0 Å². The Balaban J connectivity index is 1.88. The molecule has 0 spiro atoms. The van der Waals surface area contributed by atoms with Crippen LogP contribution in [0.25, 0.3) is 0 Å². The second-order valence-electron chi connectivity index (χ2n) is 4.75. The molecule has 3 N–H and O–H groups in total. The lowest BCUT2D eigenvalue weighted by atomic mass is 10.1. The molecule has 1 unspecified atom stereocenters. The van der Waals surface area contributed by atoms with Crippen LogP contribution in [0, 0.1) is 0 Å². The van der Waals surface area contributed by atoms with E-state index in [-0.39, 0.29) is 17.9 Å². The Labute approximate surface area is 105 Å². The number of carbonyl (C=O) groups is 2. The fourth-order valence-electron chi connectivity index (χ4n) is 2.69. The van der Waals surface area contributed by atoms with Gasteiger partial charge in [-0.25, -0.2) is 0 Å². The van der Waals surface area contributed by atoms with Crippen LogP contribution < -0.4 is 16.0 Å². The lowest BCUT2D eigenvalue weighted by molar-refractivity contribution is -0.124. The van der Waals surface area contributed by atoms with E-state index in [0.29, 0.717) is 25.1 Å². The minimum atomic E-state index is -0.386. The molecule has 5 heteroatoms. The van der Waals surface area contributed by atoms with Crippen LogP contribution in [0.4, 0.5) is 11.4 Å². The highest BCUT2D eigenvalue weighted by molar-refractivity contribution is 6.04. The van der Waals surface area contributed by atoms with Crippen LogP contribution in [0.15, 0.2) is 18.2 Å². The van der Waals surface area contributed by atoms with Gasteiger partial charge in [0.1, 0.15) is 6.04 Å². The number of anilines is 2. The van der Waals surface area contributed by atoms with Crippen LogP contribution >= 0.6 is 0 Å². The van der Waals surface area contributed by atoms with Gasteiger partial charge in [-0.05, 0) is 24.5 Å². The van der Waals surface area contributed by atoms with Gasteiger partial charge in [-0.15, -0.1) is 0 Å². The van der Waals surface area contributed by atoms with Crippen molar-refractivity contribution in [2.24, 2.45) is 0 Å². The number of nitrogen functional groups attached to an aromatic ring is 1. The van der Waals surface area contributed by atoms with E-state index in [9.17, 15) is 9.59 Å². The Kier molecular flexibility index (Phi) is 2.47. The van der Waals surface area contributed by atoms with Gasteiger partial charge in [0.2, 0.25) is 11.8 Å². The van der Waals surface area contributed by atoms with Gasteiger partial charge < -0.3 is 16.0 Å². The van der Waals surface area contributed by atoms with Gasteiger partial charge in [-0.2, -0.15) is 0 Å². The Hall–Kier alpha value is -2.04. The quantitative estimate of drug-likeness (QED) is 0.705. The van der Waals surface area contributed by atoms with E-state index in [2.05, 4.69) is 5.32 Å². The smallest absolute Gasteiger partial charge is 0.249 e. The molecule has 1 saturated heterocycles. The maximum Gasteiger partial charge on any atom is 0.249 e. The van der Waals surface area contributed by atoms with Crippen molar-refractivity contribution in [3.05, 3.63) is 23.8 Å². The fraction of sp³-hybridized carbons (Fsp3) is 0.385. The average Bonchev–Trinajstić information content (AvgIpc) is 2.95. The van der Waals surface area contributed by atoms with Crippen molar-refractivity contribution in [1.82, 2.24) is 5.32 Å². The van der Waals surface area contributed by atoms with Gasteiger partial charge in [-0.1, -0.05) is 12.1 Å². The zero-order chi connectivity index (χ0) is 12.7. The first-order valence-electron chi connectivity index (χ1n) is 6.15. The minimum Gasteiger partial charge on any atom is -0.397 e. The summed E-state index contributed by atoms with van der Waals surface area (Å²) in [5.41, 5.74) is 8.50. The number of nitrogens with zero attached hydrogens (tertiary/aromatic N) is 1. The van der Waals surface area contributed by atoms with E-state index in [1.54, 1.807) is 11.0 Å². The molecule has 2 aliphatic rings. The molecule has 0 bridgehead atoms. The molecule has 0 saturated carbocycles. The highest BCUT2D eigenvalue weighted by Crippen LogP contribution is 2.34. The molecule has 0 radical (unpaired) electrons. The van der Waals surface area contributed by atoms with Gasteiger partial charge in [-0.3, -0.25) is 9.59 Å². The molecule has 1 aromatic carbocycles. The summed E-state index contributed by atoms with van der Waals surface area (Å²) in [5, 5.41) is 2.71. The van der Waals surface area contributed by atoms with Crippen molar-refractivity contribution in [1.29, 1.82) is 0 Å². The Morgan fingerprint density at radius 2 is 2.22 bits per heavy atom. The molecule has 0 aromatic heterocycles. The van der Waals surface area contributed by atoms with Crippen LogP contribution in [0.5, 0.6) is 0 Å². The lowest BCUT2D eigenvalue weighted by Crippen LogP contribution is -2.44. The van der Waals surface area contributed by atoms with Gasteiger partial charge in [0.15, 0.2) is 0 Å². The number of carbonyl (C=O) groups excluding carboxylic acids is 2. The Morgan fingerprint density at radius 3 is 2.94 bits per heavy atom. The molecule has 2 amide bonds. The molecule has 94 valence electrons. The minimum absolute atomic E-state index is 0.0440. The number of hydrogen-bond donors (Lipinski definition) is 2. The third-order valence-electron chi connectivity index (χ3n) is 3.58. The van der Waals surface area contributed by atoms with Crippen molar-refractivity contribution in [3.63, 3.8) is 0 Å². The van der Waals surface area contributed by atoms with Crippen LogP contribution in [0.3, 0.4) is 0 Å². The normalized spacial score (nSPS) is 21.9. The summed E-state index contributed by atoms with van der Waals surface area (Å²) in [5.74, 6) is -0.0914. The maximum absolute atomic E-state index is 12.4. The SMILES string of the molecule is Nc1cccc2c1N(C(=O)C1CCC(=O)N1)CC2. The fourth-order valence-corrected chi connectivity index (χ4v) is 2.69. The lowest BCUT2D eigenvalue weighted by Gasteiger charge is -2.22. The zero-order valence-electron chi connectivity index (χ0n) is 9.98. The second kappa shape index (κ2) is 4.01. The predicted octanol–water partition coefficient (Wildman–Crippen LogP) is 0.436. The van der Waals surface area contributed by atoms with E-state index < -0.39 is 0 Å². The largest absolute Gasteiger partial charge is 0.397 e. The number of para-hydroxylation sites is 1. The summed E-state index contributed by atoms with van der Waals surface area (Å²) in [6.07, 6.45) is 1.84. The highest BCUT2D eigenvalue weighted by atomic mass is 16.2. The monoisotopic (exact) mass is 245 g/mol. The van der Waals surface area contributed by atoms with Gasteiger partial charge >= 0.3 is 0 Å². The second-order valence-corrected chi connectivity index (χ2v) is 4.75.